The molecule has 2 aromatic rings. The molecule has 0 atom stereocenters. The van der Waals surface area contributed by atoms with Crippen LogP contribution in [0.15, 0.2) is 30.3 Å². The van der Waals surface area contributed by atoms with Crippen molar-refractivity contribution < 1.29 is 19.0 Å². The van der Waals surface area contributed by atoms with Crippen LogP contribution >= 0.6 is 35.0 Å². The van der Waals surface area contributed by atoms with Crippen LogP contribution in [0.2, 0.25) is 10.0 Å². The van der Waals surface area contributed by atoms with Gasteiger partial charge in [0.15, 0.2) is 11.5 Å². The first-order valence-electron chi connectivity index (χ1n) is 8.10. The van der Waals surface area contributed by atoms with Crippen LogP contribution in [0.4, 0.5) is 0 Å². The smallest absolute Gasteiger partial charge is 0.251 e. The molecular weight excluding hydrogens is 409 g/mol. The summed E-state index contributed by atoms with van der Waals surface area (Å²) < 4.78 is 15.8. The molecule has 0 aliphatic carbocycles. The largest absolute Gasteiger partial charge is 0.493 e. The molecule has 0 aliphatic heterocycles. The minimum Gasteiger partial charge on any atom is -0.493 e. The molecule has 2 rings (SSSR count). The van der Waals surface area contributed by atoms with Gasteiger partial charge in [-0.3, -0.25) is 4.79 Å². The van der Waals surface area contributed by atoms with Gasteiger partial charge in [-0.05, 0) is 29.8 Å². The highest BCUT2D eigenvalue weighted by Gasteiger charge is 2.16. The molecule has 1 amide bonds. The summed E-state index contributed by atoms with van der Waals surface area (Å²) >= 11 is 13.7. The number of halogens is 2. The zero-order chi connectivity index (χ0) is 19.8. The summed E-state index contributed by atoms with van der Waals surface area (Å²) in [5, 5.41) is 4.15. The van der Waals surface area contributed by atoms with Crippen LogP contribution in [-0.4, -0.2) is 39.5 Å². The van der Waals surface area contributed by atoms with E-state index in [-0.39, 0.29) is 5.91 Å². The first-order valence-corrected chi connectivity index (χ1v) is 10.0. The lowest BCUT2D eigenvalue weighted by Gasteiger charge is -2.14. The number of amides is 1. The molecule has 27 heavy (non-hydrogen) atoms. The Bertz CT molecular complexity index is 776. The first-order chi connectivity index (χ1) is 13.0. The van der Waals surface area contributed by atoms with Gasteiger partial charge in [0, 0.05) is 33.7 Å². The first kappa shape index (κ1) is 21.5. The van der Waals surface area contributed by atoms with Crippen molar-refractivity contribution in [2.45, 2.75) is 5.75 Å². The normalized spacial score (nSPS) is 10.4. The second-order valence-corrected chi connectivity index (χ2v) is 7.41. The molecule has 0 bridgehead atoms. The van der Waals surface area contributed by atoms with Gasteiger partial charge in [-0.1, -0.05) is 29.3 Å². The summed E-state index contributed by atoms with van der Waals surface area (Å²) in [6.07, 6.45) is 0. The Morgan fingerprint density at radius 3 is 2.26 bits per heavy atom. The molecule has 0 heterocycles. The van der Waals surface area contributed by atoms with Crippen LogP contribution in [-0.2, 0) is 5.75 Å². The Balaban J connectivity index is 1.88. The Morgan fingerprint density at radius 1 is 1.04 bits per heavy atom. The fraction of sp³-hybridized carbons (Fsp3) is 0.316. The second kappa shape index (κ2) is 10.5. The number of carbonyl (C=O) groups excluding carboxylic acids is 1. The molecule has 0 aliphatic rings. The van der Waals surface area contributed by atoms with Gasteiger partial charge in [-0.25, -0.2) is 0 Å². The third-order valence-corrected chi connectivity index (χ3v) is 5.33. The molecule has 0 saturated heterocycles. The SMILES string of the molecule is COc1cc(C(=O)NCCSCc2ccc(Cl)cc2Cl)cc(OC)c1OC. The zero-order valence-electron chi connectivity index (χ0n) is 15.3. The molecule has 0 spiro atoms. The van der Waals surface area contributed by atoms with Gasteiger partial charge < -0.3 is 19.5 Å². The predicted molar refractivity (Wildman–Crippen MR) is 111 cm³/mol. The lowest BCUT2D eigenvalue weighted by atomic mass is 10.1. The quantitative estimate of drug-likeness (QED) is 0.586. The van der Waals surface area contributed by atoms with Gasteiger partial charge in [0.1, 0.15) is 0 Å². The summed E-state index contributed by atoms with van der Waals surface area (Å²) in [5.74, 6) is 2.61. The van der Waals surface area contributed by atoms with Crippen molar-refractivity contribution in [1.29, 1.82) is 0 Å². The van der Waals surface area contributed by atoms with Crippen molar-refractivity contribution in [2.75, 3.05) is 33.6 Å². The maximum Gasteiger partial charge on any atom is 0.251 e. The van der Waals surface area contributed by atoms with Gasteiger partial charge >= 0.3 is 0 Å². The fourth-order valence-corrected chi connectivity index (χ4v) is 3.79. The Kier molecular flexibility index (Phi) is 8.41. The number of hydrogen-bond acceptors (Lipinski definition) is 5. The number of thioether (sulfide) groups is 1. The van der Waals surface area contributed by atoms with E-state index < -0.39 is 0 Å². The summed E-state index contributed by atoms with van der Waals surface area (Å²) in [6, 6.07) is 8.70. The Labute approximate surface area is 173 Å². The Morgan fingerprint density at radius 2 is 1.70 bits per heavy atom. The van der Waals surface area contributed by atoms with E-state index in [1.165, 1.54) is 21.3 Å². The average Bonchev–Trinajstić information content (AvgIpc) is 2.67. The maximum atomic E-state index is 12.4. The van der Waals surface area contributed by atoms with E-state index in [0.717, 1.165) is 17.1 Å². The summed E-state index contributed by atoms with van der Waals surface area (Å²) in [6.45, 7) is 0.519. The number of ether oxygens (including phenoxy) is 3. The Hall–Kier alpha value is -1.76. The number of carbonyl (C=O) groups is 1. The molecule has 0 saturated carbocycles. The lowest BCUT2D eigenvalue weighted by molar-refractivity contribution is 0.0955. The highest BCUT2D eigenvalue weighted by Crippen LogP contribution is 2.38. The number of rotatable bonds is 9. The summed E-state index contributed by atoms with van der Waals surface area (Å²) in [5.41, 5.74) is 1.46. The van der Waals surface area contributed by atoms with Gasteiger partial charge in [0.25, 0.3) is 5.91 Å². The molecule has 8 heteroatoms. The standard InChI is InChI=1S/C19H21Cl2NO4S/c1-24-16-8-13(9-17(25-2)18(16)26-3)19(23)22-6-7-27-11-12-4-5-14(20)10-15(12)21/h4-5,8-10H,6-7,11H2,1-3H3,(H,22,23). The van der Waals surface area contributed by atoms with Crippen molar-refractivity contribution in [1.82, 2.24) is 5.32 Å². The maximum absolute atomic E-state index is 12.4. The monoisotopic (exact) mass is 429 g/mol. The van der Waals surface area contributed by atoms with E-state index in [1.807, 2.05) is 12.1 Å². The van der Waals surface area contributed by atoms with Crippen LogP contribution in [0.3, 0.4) is 0 Å². The van der Waals surface area contributed by atoms with E-state index in [1.54, 1.807) is 30.0 Å². The highest BCUT2D eigenvalue weighted by atomic mass is 35.5. The molecule has 0 unspecified atom stereocenters. The van der Waals surface area contributed by atoms with Crippen LogP contribution < -0.4 is 19.5 Å². The van der Waals surface area contributed by atoms with Crippen LogP contribution in [0.1, 0.15) is 15.9 Å². The predicted octanol–water partition coefficient (Wildman–Crippen LogP) is 4.68. The number of hydrogen-bond donors (Lipinski definition) is 1. The molecule has 5 nitrogen and oxygen atoms in total. The van der Waals surface area contributed by atoms with E-state index in [9.17, 15) is 4.79 Å². The van der Waals surface area contributed by atoms with Crippen molar-refractivity contribution in [2.24, 2.45) is 0 Å². The van der Waals surface area contributed by atoms with Gasteiger partial charge in [-0.15, -0.1) is 0 Å². The van der Waals surface area contributed by atoms with Gasteiger partial charge in [0.2, 0.25) is 5.75 Å². The van der Waals surface area contributed by atoms with Crippen molar-refractivity contribution >= 4 is 40.9 Å². The summed E-state index contributed by atoms with van der Waals surface area (Å²) in [4.78, 5) is 12.4. The molecule has 0 fully saturated rings. The molecule has 146 valence electrons. The molecule has 2 aromatic carbocycles. The lowest BCUT2D eigenvalue weighted by Crippen LogP contribution is -2.25. The van der Waals surface area contributed by atoms with Gasteiger partial charge in [0.05, 0.1) is 21.3 Å². The molecule has 0 radical (unpaired) electrons. The number of benzene rings is 2. The van der Waals surface area contributed by atoms with E-state index >= 15 is 0 Å². The zero-order valence-corrected chi connectivity index (χ0v) is 17.6. The third-order valence-electron chi connectivity index (χ3n) is 3.73. The average molecular weight is 430 g/mol. The topological polar surface area (TPSA) is 56.8 Å². The number of methoxy groups -OCH3 is 3. The summed E-state index contributed by atoms with van der Waals surface area (Å²) in [7, 11) is 4.54. The van der Waals surface area contributed by atoms with E-state index in [2.05, 4.69) is 5.32 Å². The molecule has 1 N–H and O–H groups in total. The minimum absolute atomic E-state index is 0.209. The van der Waals surface area contributed by atoms with Crippen LogP contribution in [0, 0.1) is 0 Å². The van der Waals surface area contributed by atoms with Crippen molar-refractivity contribution in [3.05, 3.63) is 51.5 Å². The van der Waals surface area contributed by atoms with E-state index in [4.69, 9.17) is 37.4 Å². The fourth-order valence-electron chi connectivity index (χ4n) is 2.37. The third kappa shape index (κ3) is 5.86. The highest BCUT2D eigenvalue weighted by molar-refractivity contribution is 7.98. The second-order valence-electron chi connectivity index (χ2n) is 5.46. The van der Waals surface area contributed by atoms with Crippen LogP contribution in [0.25, 0.3) is 0 Å². The molecular formula is C19H21Cl2NO4S. The van der Waals surface area contributed by atoms with Crippen LogP contribution in [0.5, 0.6) is 17.2 Å². The van der Waals surface area contributed by atoms with Gasteiger partial charge in [-0.2, -0.15) is 11.8 Å². The van der Waals surface area contributed by atoms with Crippen molar-refractivity contribution in [3.63, 3.8) is 0 Å². The molecule has 0 aromatic heterocycles. The van der Waals surface area contributed by atoms with Crippen molar-refractivity contribution in [3.8, 4) is 17.2 Å². The van der Waals surface area contributed by atoms with E-state index in [0.29, 0.717) is 39.4 Å². The number of nitrogens with one attached hydrogen (secondary N) is 1. The minimum atomic E-state index is -0.209.